The molecule has 0 saturated carbocycles. The molecule has 0 aliphatic rings. The molecule has 0 unspecified atom stereocenters. The standard InChI is InChI=1S/C57H36N2/c1-3-15-42-34-45(30-26-37(42)12-1)55-48-19-7-8-20-49(48)56(46-31-27-38-13-2-4-16-43(38)35-46)51-36-44(32-33-50(51)55)39-24-28-41(29-25-39)57-58-52-21-9-10-22-54(52)59(57)53-23-11-17-40-14-5-6-18-47(40)53/h1-36H. The fourth-order valence-corrected chi connectivity index (χ4v) is 9.35. The molecule has 2 heteroatoms. The Hall–Kier alpha value is -7.81. The van der Waals surface area contributed by atoms with E-state index in [2.05, 4.69) is 223 Å². The molecule has 0 aliphatic carbocycles. The number of rotatable bonds is 5. The maximum Gasteiger partial charge on any atom is 0.145 e. The van der Waals surface area contributed by atoms with E-state index < -0.39 is 0 Å². The molecular formula is C57H36N2. The summed E-state index contributed by atoms with van der Waals surface area (Å²) in [6.07, 6.45) is 0. The Morgan fingerprint density at radius 3 is 1.47 bits per heavy atom. The summed E-state index contributed by atoms with van der Waals surface area (Å²) < 4.78 is 2.32. The van der Waals surface area contributed by atoms with E-state index in [1.807, 2.05) is 0 Å². The van der Waals surface area contributed by atoms with E-state index in [9.17, 15) is 0 Å². The summed E-state index contributed by atoms with van der Waals surface area (Å²) in [5, 5.41) is 12.4. The lowest BCUT2D eigenvalue weighted by atomic mass is 9.84. The number of para-hydroxylation sites is 2. The van der Waals surface area contributed by atoms with Crippen molar-refractivity contribution >= 4 is 64.9 Å². The van der Waals surface area contributed by atoms with Gasteiger partial charge in [-0.05, 0) is 118 Å². The Labute approximate surface area is 341 Å². The molecule has 59 heavy (non-hydrogen) atoms. The zero-order chi connectivity index (χ0) is 38.9. The van der Waals surface area contributed by atoms with Crippen LogP contribution in [0.1, 0.15) is 0 Å². The van der Waals surface area contributed by atoms with Gasteiger partial charge in [0.05, 0.1) is 16.7 Å². The van der Waals surface area contributed by atoms with E-state index in [0.29, 0.717) is 0 Å². The normalized spacial score (nSPS) is 11.7. The molecule has 0 bridgehead atoms. The molecule has 0 atom stereocenters. The molecule has 1 aromatic heterocycles. The Morgan fingerprint density at radius 1 is 0.288 bits per heavy atom. The quantitative estimate of drug-likeness (QED) is 0.160. The van der Waals surface area contributed by atoms with Crippen LogP contribution in [0.15, 0.2) is 218 Å². The van der Waals surface area contributed by atoms with Crippen LogP contribution < -0.4 is 0 Å². The van der Waals surface area contributed by atoms with Gasteiger partial charge >= 0.3 is 0 Å². The zero-order valence-corrected chi connectivity index (χ0v) is 32.2. The highest BCUT2D eigenvalue weighted by molar-refractivity contribution is 6.22. The fourth-order valence-electron chi connectivity index (χ4n) is 9.35. The van der Waals surface area contributed by atoms with Crippen LogP contribution in [-0.4, -0.2) is 9.55 Å². The van der Waals surface area contributed by atoms with Crippen LogP contribution in [0.2, 0.25) is 0 Å². The lowest BCUT2D eigenvalue weighted by Crippen LogP contribution is -1.98. The first-order valence-corrected chi connectivity index (χ1v) is 20.3. The lowest BCUT2D eigenvalue weighted by Gasteiger charge is -2.19. The third-order valence-electron chi connectivity index (χ3n) is 12.1. The largest absolute Gasteiger partial charge is 0.292 e. The van der Waals surface area contributed by atoms with Gasteiger partial charge in [0.1, 0.15) is 5.82 Å². The van der Waals surface area contributed by atoms with Crippen LogP contribution in [0, 0.1) is 0 Å². The molecule has 0 amide bonds. The van der Waals surface area contributed by atoms with Gasteiger partial charge in [0, 0.05) is 10.9 Å². The van der Waals surface area contributed by atoms with Crippen molar-refractivity contribution in [3.8, 4) is 50.5 Å². The van der Waals surface area contributed by atoms with E-state index >= 15 is 0 Å². The predicted molar refractivity (Wildman–Crippen MR) is 250 cm³/mol. The van der Waals surface area contributed by atoms with E-state index in [4.69, 9.17) is 4.98 Å². The summed E-state index contributed by atoms with van der Waals surface area (Å²) in [5.41, 5.74) is 11.6. The van der Waals surface area contributed by atoms with Crippen molar-refractivity contribution in [1.82, 2.24) is 9.55 Å². The van der Waals surface area contributed by atoms with Crippen LogP contribution in [-0.2, 0) is 0 Å². The number of benzene rings is 11. The third-order valence-corrected chi connectivity index (χ3v) is 12.1. The van der Waals surface area contributed by atoms with Crippen LogP contribution >= 0.6 is 0 Å². The van der Waals surface area contributed by atoms with Gasteiger partial charge in [-0.25, -0.2) is 4.98 Å². The predicted octanol–water partition coefficient (Wildman–Crippen LogP) is 15.5. The second kappa shape index (κ2) is 13.4. The average molecular weight is 749 g/mol. The van der Waals surface area contributed by atoms with E-state index in [0.717, 1.165) is 33.7 Å². The van der Waals surface area contributed by atoms with Crippen molar-refractivity contribution in [3.63, 3.8) is 0 Å². The van der Waals surface area contributed by atoms with E-state index in [1.54, 1.807) is 0 Å². The molecule has 0 radical (unpaired) electrons. The first-order chi connectivity index (χ1) is 29.2. The maximum atomic E-state index is 5.23. The van der Waals surface area contributed by atoms with Gasteiger partial charge in [0.15, 0.2) is 0 Å². The highest BCUT2D eigenvalue weighted by Crippen LogP contribution is 2.46. The zero-order valence-electron chi connectivity index (χ0n) is 32.2. The molecule has 1 heterocycles. The highest BCUT2D eigenvalue weighted by atomic mass is 15.1. The monoisotopic (exact) mass is 748 g/mol. The second-order valence-corrected chi connectivity index (χ2v) is 15.5. The molecule has 0 fully saturated rings. The lowest BCUT2D eigenvalue weighted by molar-refractivity contribution is 1.11. The Bertz CT molecular complexity index is 3600. The Kier molecular flexibility index (Phi) is 7.57. The van der Waals surface area contributed by atoms with Crippen molar-refractivity contribution in [1.29, 1.82) is 0 Å². The van der Waals surface area contributed by atoms with Gasteiger partial charge in [0.25, 0.3) is 0 Å². The molecule has 0 spiro atoms. The van der Waals surface area contributed by atoms with Gasteiger partial charge in [-0.2, -0.15) is 0 Å². The van der Waals surface area contributed by atoms with Gasteiger partial charge in [0.2, 0.25) is 0 Å². The van der Waals surface area contributed by atoms with Crippen LogP contribution in [0.4, 0.5) is 0 Å². The van der Waals surface area contributed by atoms with Crippen molar-refractivity contribution < 1.29 is 0 Å². The van der Waals surface area contributed by atoms with Crippen LogP contribution in [0.3, 0.4) is 0 Å². The fraction of sp³-hybridized carbons (Fsp3) is 0. The summed E-state index contributed by atoms with van der Waals surface area (Å²) in [6, 6.07) is 79.6. The van der Waals surface area contributed by atoms with Crippen LogP contribution in [0.5, 0.6) is 0 Å². The Balaban J connectivity index is 1.06. The number of nitrogens with zero attached hydrogens (tertiary/aromatic N) is 2. The number of fused-ring (bicyclic) bond motifs is 6. The highest BCUT2D eigenvalue weighted by Gasteiger charge is 2.20. The summed E-state index contributed by atoms with van der Waals surface area (Å²) >= 11 is 0. The molecule has 0 N–H and O–H groups in total. The van der Waals surface area contributed by atoms with Gasteiger partial charge in [-0.15, -0.1) is 0 Å². The third kappa shape index (κ3) is 5.45. The van der Waals surface area contributed by atoms with Crippen molar-refractivity contribution in [2.24, 2.45) is 0 Å². The average Bonchev–Trinajstić information content (AvgIpc) is 3.69. The van der Waals surface area contributed by atoms with Gasteiger partial charge in [-0.3, -0.25) is 4.57 Å². The molecular weight excluding hydrogens is 713 g/mol. The molecule has 2 nitrogen and oxygen atoms in total. The minimum Gasteiger partial charge on any atom is -0.292 e. The molecule has 274 valence electrons. The minimum absolute atomic E-state index is 0.928. The summed E-state index contributed by atoms with van der Waals surface area (Å²) in [6.45, 7) is 0. The minimum atomic E-state index is 0.928. The first kappa shape index (κ1) is 33.3. The summed E-state index contributed by atoms with van der Waals surface area (Å²) in [5.74, 6) is 0.928. The summed E-state index contributed by atoms with van der Waals surface area (Å²) in [7, 11) is 0. The number of hydrogen-bond donors (Lipinski definition) is 0. The number of aromatic nitrogens is 2. The molecule has 0 saturated heterocycles. The SMILES string of the molecule is c1ccc2cc(-c3c4ccccc4c(-c4ccc5ccccc5c4)c4cc(-c5ccc(-c6nc7ccccc7n6-c6cccc7ccccc67)cc5)ccc34)ccc2c1. The molecule has 0 aliphatic heterocycles. The van der Waals surface area contributed by atoms with Gasteiger partial charge in [-0.1, -0.05) is 182 Å². The topological polar surface area (TPSA) is 17.8 Å². The van der Waals surface area contributed by atoms with E-state index in [1.165, 1.54) is 81.7 Å². The van der Waals surface area contributed by atoms with Crippen molar-refractivity contribution in [3.05, 3.63) is 218 Å². The van der Waals surface area contributed by atoms with Crippen molar-refractivity contribution in [2.75, 3.05) is 0 Å². The smallest absolute Gasteiger partial charge is 0.145 e. The molecule has 11 aromatic carbocycles. The number of imidazole rings is 1. The number of hydrogen-bond acceptors (Lipinski definition) is 1. The molecule has 12 aromatic rings. The van der Waals surface area contributed by atoms with Crippen LogP contribution in [0.25, 0.3) is 115 Å². The molecule has 12 rings (SSSR count). The first-order valence-electron chi connectivity index (χ1n) is 20.3. The maximum absolute atomic E-state index is 5.23. The summed E-state index contributed by atoms with van der Waals surface area (Å²) in [4.78, 5) is 5.23. The van der Waals surface area contributed by atoms with Gasteiger partial charge < -0.3 is 0 Å². The van der Waals surface area contributed by atoms with E-state index in [-0.39, 0.29) is 0 Å². The Morgan fingerprint density at radius 2 is 0.780 bits per heavy atom. The van der Waals surface area contributed by atoms with Crippen molar-refractivity contribution in [2.45, 2.75) is 0 Å². The second-order valence-electron chi connectivity index (χ2n) is 15.5.